The minimum Gasteiger partial charge on any atom is -0.399 e. The molecule has 0 aliphatic heterocycles. The van der Waals surface area contributed by atoms with E-state index in [9.17, 15) is 14.0 Å². The number of benzene rings is 2. The number of imide groups is 1. The molecular formula is C16H16FN3O2. The van der Waals surface area contributed by atoms with Crippen LogP contribution in [0.15, 0.2) is 48.5 Å². The van der Waals surface area contributed by atoms with Gasteiger partial charge < -0.3 is 11.1 Å². The second-order valence-corrected chi connectivity index (χ2v) is 4.70. The Labute approximate surface area is 127 Å². The summed E-state index contributed by atoms with van der Waals surface area (Å²) in [4.78, 5) is 24.9. The van der Waals surface area contributed by atoms with Gasteiger partial charge in [-0.2, -0.15) is 0 Å². The van der Waals surface area contributed by atoms with Gasteiger partial charge in [0.25, 0.3) is 0 Å². The SMILES string of the molecule is CC(=O)N(C(=O)NCc1ccccc1F)c1ccc(N)cc1. The van der Waals surface area contributed by atoms with E-state index in [0.29, 0.717) is 16.9 Å². The number of anilines is 2. The fourth-order valence-corrected chi connectivity index (χ4v) is 1.96. The standard InChI is InChI=1S/C16H16FN3O2/c1-11(21)20(14-8-6-13(18)7-9-14)16(22)19-10-12-4-2-3-5-15(12)17/h2-9H,10,18H2,1H3,(H,19,22). The number of hydrogen-bond acceptors (Lipinski definition) is 3. The summed E-state index contributed by atoms with van der Waals surface area (Å²) >= 11 is 0. The van der Waals surface area contributed by atoms with Crippen molar-refractivity contribution in [1.82, 2.24) is 5.32 Å². The second-order valence-electron chi connectivity index (χ2n) is 4.70. The average Bonchev–Trinajstić information content (AvgIpc) is 2.48. The van der Waals surface area contributed by atoms with Crippen molar-refractivity contribution in [2.24, 2.45) is 0 Å². The summed E-state index contributed by atoms with van der Waals surface area (Å²) in [6.07, 6.45) is 0. The Kier molecular flexibility index (Phi) is 4.73. The number of nitrogen functional groups attached to an aromatic ring is 1. The van der Waals surface area contributed by atoms with Crippen LogP contribution < -0.4 is 16.0 Å². The highest BCUT2D eigenvalue weighted by atomic mass is 19.1. The van der Waals surface area contributed by atoms with Gasteiger partial charge in [-0.1, -0.05) is 18.2 Å². The molecule has 0 aliphatic carbocycles. The molecule has 0 saturated heterocycles. The van der Waals surface area contributed by atoms with Crippen molar-refractivity contribution >= 4 is 23.3 Å². The first-order valence-electron chi connectivity index (χ1n) is 6.66. The first-order valence-corrected chi connectivity index (χ1v) is 6.66. The molecule has 0 spiro atoms. The number of carbonyl (C=O) groups is 2. The van der Waals surface area contributed by atoms with Gasteiger partial charge in [0.15, 0.2) is 0 Å². The first-order chi connectivity index (χ1) is 10.5. The fraction of sp³-hybridized carbons (Fsp3) is 0.125. The molecule has 0 heterocycles. The van der Waals surface area contributed by atoms with Crippen molar-refractivity contribution in [2.45, 2.75) is 13.5 Å². The minimum atomic E-state index is -0.625. The van der Waals surface area contributed by atoms with Gasteiger partial charge in [0, 0.05) is 24.7 Å². The predicted octanol–water partition coefficient (Wildman–Crippen LogP) is 2.67. The van der Waals surface area contributed by atoms with Crippen molar-refractivity contribution in [1.29, 1.82) is 0 Å². The van der Waals surface area contributed by atoms with E-state index in [2.05, 4.69) is 5.32 Å². The highest BCUT2D eigenvalue weighted by Gasteiger charge is 2.20. The third kappa shape index (κ3) is 3.60. The summed E-state index contributed by atoms with van der Waals surface area (Å²) in [6, 6.07) is 11.8. The van der Waals surface area contributed by atoms with Crippen LogP contribution in [0.4, 0.5) is 20.6 Å². The molecule has 114 valence electrons. The largest absolute Gasteiger partial charge is 0.399 e. The van der Waals surface area contributed by atoms with E-state index in [4.69, 9.17) is 5.73 Å². The van der Waals surface area contributed by atoms with Crippen LogP contribution in [-0.2, 0) is 11.3 Å². The molecular weight excluding hydrogens is 285 g/mol. The topological polar surface area (TPSA) is 75.4 Å². The Balaban J connectivity index is 2.12. The van der Waals surface area contributed by atoms with E-state index < -0.39 is 17.8 Å². The Morgan fingerprint density at radius 1 is 1.14 bits per heavy atom. The quantitative estimate of drug-likeness (QED) is 0.856. The summed E-state index contributed by atoms with van der Waals surface area (Å²) < 4.78 is 13.5. The lowest BCUT2D eigenvalue weighted by Gasteiger charge is -2.20. The molecule has 2 aromatic carbocycles. The van der Waals surface area contributed by atoms with Crippen molar-refractivity contribution in [2.75, 3.05) is 10.6 Å². The van der Waals surface area contributed by atoms with E-state index in [1.54, 1.807) is 42.5 Å². The number of halogens is 1. The van der Waals surface area contributed by atoms with Gasteiger partial charge in [-0.25, -0.2) is 14.1 Å². The van der Waals surface area contributed by atoms with E-state index in [1.807, 2.05) is 0 Å². The fourth-order valence-electron chi connectivity index (χ4n) is 1.96. The van der Waals surface area contributed by atoms with Crippen molar-refractivity contribution < 1.29 is 14.0 Å². The molecule has 0 aliphatic rings. The van der Waals surface area contributed by atoms with Gasteiger partial charge in [-0.05, 0) is 30.3 Å². The summed E-state index contributed by atoms with van der Waals surface area (Å²) in [5.41, 5.74) is 6.85. The maximum absolute atomic E-state index is 13.5. The van der Waals surface area contributed by atoms with Crippen LogP contribution >= 0.6 is 0 Å². The monoisotopic (exact) mass is 301 g/mol. The maximum atomic E-state index is 13.5. The molecule has 3 N–H and O–H groups in total. The van der Waals surface area contributed by atoms with Crippen LogP contribution in [0.3, 0.4) is 0 Å². The van der Waals surface area contributed by atoms with E-state index in [0.717, 1.165) is 4.90 Å². The third-order valence-corrected chi connectivity index (χ3v) is 3.06. The van der Waals surface area contributed by atoms with Crippen LogP contribution in [0.25, 0.3) is 0 Å². The number of urea groups is 1. The maximum Gasteiger partial charge on any atom is 0.329 e. The molecule has 2 aromatic rings. The normalized spacial score (nSPS) is 10.1. The Morgan fingerprint density at radius 3 is 2.36 bits per heavy atom. The number of amides is 3. The van der Waals surface area contributed by atoms with Gasteiger partial charge in [0.05, 0.1) is 5.69 Å². The molecule has 0 atom stereocenters. The van der Waals surface area contributed by atoms with Gasteiger partial charge >= 0.3 is 6.03 Å². The number of nitrogens with one attached hydrogen (secondary N) is 1. The predicted molar refractivity (Wildman–Crippen MR) is 82.7 cm³/mol. The molecule has 0 bridgehead atoms. The average molecular weight is 301 g/mol. The summed E-state index contributed by atoms with van der Waals surface area (Å²) in [5, 5.41) is 2.53. The van der Waals surface area contributed by atoms with Crippen LogP contribution in [0.2, 0.25) is 0 Å². The highest BCUT2D eigenvalue weighted by molar-refractivity contribution is 6.13. The molecule has 5 nitrogen and oxygen atoms in total. The molecule has 2 rings (SSSR count). The van der Waals surface area contributed by atoms with Crippen LogP contribution in [0, 0.1) is 5.82 Å². The van der Waals surface area contributed by atoms with Gasteiger partial charge in [0.1, 0.15) is 5.82 Å². The zero-order valence-electron chi connectivity index (χ0n) is 12.0. The summed E-state index contributed by atoms with van der Waals surface area (Å²) in [7, 11) is 0. The molecule has 22 heavy (non-hydrogen) atoms. The molecule has 3 amide bonds. The van der Waals surface area contributed by atoms with Crippen molar-refractivity contribution in [3.05, 3.63) is 59.9 Å². The summed E-state index contributed by atoms with van der Waals surface area (Å²) in [5.74, 6) is -0.861. The van der Waals surface area contributed by atoms with Gasteiger partial charge in [0.2, 0.25) is 5.91 Å². The Bertz CT molecular complexity index is 686. The van der Waals surface area contributed by atoms with E-state index >= 15 is 0 Å². The minimum absolute atomic E-state index is 0.00966. The van der Waals surface area contributed by atoms with Crippen molar-refractivity contribution in [3.63, 3.8) is 0 Å². The number of carbonyl (C=O) groups excluding carboxylic acids is 2. The number of nitrogens with zero attached hydrogens (tertiary/aromatic N) is 1. The number of hydrogen-bond donors (Lipinski definition) is 2. The lowest BCUT2D eigenvalue weighted by atomic mass is 10.2. The van der Waals surface area contributed by atoms with Gasteiger partial charge in [-0.3, -0.25) is 4.79 Å². The zero-order valence-corrected chi connectivity index (χ0v) is 12.0. The smallest absolute Gasteiger partial charge is 0.329 e. The third-order valence-electron chi connectivity index (χ3n) is 3.06. The highest BCUT2D eigenvalue weighted by Crippen LogP contribution is 2.17. The molecule has 0 fully saturated rings. The van der Waals surface area contributed by atoms with Crippen LogP contribution in [0.5, 0.6) is 0 Å². The lowest BCUT2D eigenvalue weighted by Crippen LogP contribution is -2.42. The molecule has 6 heteroatoms. The van der Waals surface area contributed by atoms with Crippen molar-refractivity contribution in [3.8, 4) is 0 Å². The molecule has 0 aromatic heterocycles. The zero-order chi connectivity index (χ0) is 16.1. The van der Waals surface area contributed by atoms with E-state index in [1.165, 1.54) is 13.0 Å². The van der Waals surface area contributed by atoms with Crippen LogP contribution in [0.1, 0.15) is 12.5 Å². The Morgan fingerprint density at radius 2 is 1.77 bits per heavy atom. The summed E-state index contributed by atoms with van der Waals surface area (Å²) in [6.45, 7) is 1.27. The van der Waals surface area contributed by atoms with E-state index in [-0.39, 0.29) is 6.54 Å². The lowest BCUT2D eigenvalue weighted by molar-refractivity contribution is -0.115. The molecule has 0 unspecified atom stereocenters. The molecule has 0 radical (unpaired) electrons. The number of nitrogens with two attached hydrogens (primary N) is 1. The first kappa shape index (κ1) is 15.5. The van der Waals surface area contributed by atoms with Gasteiger partial charge in [-0.15, -0.1) is 0 Å². The number of rotatable bonds is 3. The van der Waals surface area contributed by atoms with Crippen LogP contribution in [-0.4, -0.2) is 11.9 Å². The second kappa shape index (κ2) is 6.71. The Hall–Kier alpha value is -2.89. The molecule has 0 saturated carbocycles.